The van der Waals surface area contributed by atoms with Crippen molar-refractivity contribution in [1.29, 1.82) is 10.5 Å². The molecule has 0 radical (unpaired) electrons. The summed E-state index contributed by atoms with van der Waals surface area (Å²) >= 11 is 11.9. The molecule has 25 heavy (non-hydrogen) atoms. The Hall–Kier alpha value is -2.99. The summed E-state index contributed by atoms with van der Waals surface area (Å²) in [6, 6.07) is 15.0. The van der Waals surface area contributed by atoms with Gasteiger partial charge < -0.3 is 10.1 Å². The number of hydrogen-bond acceptors (Lipinski definition) is 4. The van der Waals surface area contributed by atoms with Crippen molar-refractivity contribution in [1.82, 2.24) is 0 Å². The van der Waals surface area contributed by atoms with E-state index >= 15 is 0 Å². The molecule has 0 aliphatic heterocycles. The van der Waals surface area contributed by atoms with Crippen molar-refractivity contribution < 1.29 is 9.53 Å². The fraction of sp³-hybridized carbons (Fsp3) is 0.0556. The summed E-state index contributed by atoms with van der Waals surface area (Å²) in [5.74, 6) is -0.215. The average Bonchev–Trinajstić information content (AvgIpc) is 2.58. The molecule has 0 atom stereocenters. The molecular formula is C18H11Cl2N3O2. The highest BCUT2D eigenvalue weighted by Crippen LogP contribution is 2.26. The second kappa shape index (κ2) is 8.75. The Morgan fingerprint density at radius 2 is 2.00 bits per heavy atom. The van der Waals surface area contributed by atoms with Crippen LogP contribution in [0.1, 0.15) is 5.56 Å². The normalized spacial score (nSPS) is 10.5. The van der Waals surface area contributed by atoms with E-state index in [0.29, 0.717) is 22.0 Å². The van der Waals surface area contributed by atoms with Gasteiger partial charge >= 0.3 is 0 Å². The monoisotopic (exact) mass is 371 g/mol. The zero-order chi connectivity index (χ0) is 18.2. The predicted octanol–water partition coefficient (Wildman–Crippen LogP) is 4.44. The number of benzene rings is 2. The van der Waals surface area contributed by atoms with Gasteiger partial charge in [-0.2, -0.15) is 10.5 Å². The smallest absolute Gasteiger partial charge is 0.266 e. The maximum atomic E-state index is 12.2. The van der Waals surface area contributed by atoms with Crippen molar-refractivity contribution in [2.45, 2.75) is 0 Å². The Kier molecular flexibility index (Phi) is 6.42. The first kappa shape index (κ1) is 18.4. The van der Waals surface area contributed by atoms with Gasteiger partial charge in [0.2, 0.25) is 0 Å². The van der Waals surface area contributed by atoms with E-state index < -0.39 is 5.91 Å². The molecule has 0 aromatic heterocycles. The third-order valence-corrected chi connectivity index (χ3v) is 3.54. The van der Waals surface area contributed by atoms with Crippen molar-refractivity contribution in [3.05, 3.63) is 63.6 Å². The van der Waals surface area contributed by atoms with E-state index in [2.05, 4.69) is 5.32 Å². The second-order valence-electron chi connectivity index (χ2n) is 4.77. The largest absolute Gasteiger partial charge is 0.477 e. The van der Waals surface area contributed by atoms with Crippen molar-refractivity contribution in [2.24, 2.45) is 0 Å². The standard InChI is InChI=1S/C18H11Cl2N3O2/c19-14-2-1-3-15(10-14)23-18(24)13(11-22)8-12-4-5-17(16(20)9-12)25-7-6-21/h1-5,8-10H,7H2,(H,23,24)/b13-8+. The van der Waals surface area contributed by atoms with Crippen molar-refractivity contribution in [2.75, 3.05) is 11.9 Å². The number of halogens is 2. The molecule has 0 saturated heterocycles. The van der Waals surface area contributed by atoms with Crippen LogP contribution in [-0.2, 0) is 4.79 Å². The molecule has 0 aliphatic rings. The average molecular weight is 372 g/mol. The maximum Gasteiger partial charge on any atom is 0.266 e. The van der Waals surface area contributed by atoms with Gasteiger partial charge in [-0.1, -0.05) is 35.3 Å². The Morgan fingerprint density at radius 1 is 1.20 bits per heavy atom. The quantitative estimate of drug-likeness (QED) is 0.621. The van der Waals surface area contributed by atoms with Gasteiger partial charge in [-0.25, -0.2) is 0 Å². The molecule has 124 valence electrons. The number of nitrogens with zero attached hydrogens (tertiary/aromatic N) is 2. The van der Waals surface area contributed by atoms with E-state index in [-0.39, 0.29) is 17.2 Å². The summed E-state index contributed by atoms with van der Waals surface area (Å²) in [7, 11) is 0. The topological polar surface area (TPSA) is 85.9 Å². The zero-order valence-electron chi connectivity index (χ0n) is 12.8. The first-order valence-corrected chi connectivity index (χ1v) is 7.77. The molecule has 0 bridgehead atoms. The lowest BCUT2D eigenvalue weighted by Gasteiger charge is -2.06. The van der Waals surface area contributed by atoms with Gasteiger partial charge in [0.05, 0.1) is 5.02 Å². The first-order chi connectivity index (χ1) is 12.0. The predicted molar refractivity (Wildman–Crippen MR) is 96.2 cm³/mol. The van der Waals surface area contributed by atoms with Gasteiger partial charge in [0, 0.05) is 10.7 Å². The van der Waals surface area contributed by atoms with Crippen LogP contribution < -0.4 is 10.1 Å². The SMILES string of the molecule is N#CCOc1ccc(/C=C(\C#N)C(=O)Nc2cccc(Cl)c2)cc1Cl. The zero-order valence-corrected chi connectivity index (χ0v) is 14.3. The summed E-state index contributed by atoms with van der Waals surface area (Å²) in [4.78, 5) is 12.2. The molecule has 7 heteroatoms. The number of anilines is 1. The Labute approximate surface area is 154 Å². The minimum Gasteiger partial charge on any atom is -0.477 e. The highest BCUT2D eigenvalue weighted by molar-refractivity contribution is 6.32. The molecule has 2 aromatic carbocycles. The first-order valence-electron chi connectivity index (χ1n) is 7.01. The molecule has 5 nitrogen and oxygen atoms in total. The lowest BCUT2D eigenvalue weighted by molar-refractivity contribution is -0.112. The maximum absolute atomic E-state index is 12.2. The van der Waals surface area contributed by atoms with E-state index in [9.17, 15) is 10.1 Å². The van der Waals surface area contributed by atoms with E-state index in [1.807, 2.05) is 12.1 Å². The summed E-state index contributed by atoms with van der Waals surface area (Å²) in [6.07, 6.45) is 1.40. The van der Waals surface area contributed by atoms with Gasteiger partial charge in [0.25, 0.3) is 5.91 Å². The number of nitrogens with one attached hydrogen (secondary N) is 1. The molecule has 0 fully saturated rings. The molecule has 2 aromatic rings. The molecule has 1 amide bonds. The van der Waals surface area contributed by atoms with E-state index in [4.69, 9.17) is 33.2 Å². The third-order valence-electron chi connectivity index (χ3n) is 3.01. The van der Waals surface area contributed by atoms with Crippen LogP contribution in [0.3, 0.4) is 0 Å². The van der Waals surface area contributed by atoms with Gasteiger partial charge in [-0.15, -0.1) is 0 Å². The number of carbonyl (C=O) groups excluding carboxylic acids is 1. The van der Waals surface area contributed by atoms with Crippen molar-refractivity contribution >= 4 is 40.9 Å². The number of nitriles is 2. The minimum absolute atomic E-state index is 0.0956. The molecule has 1 N–H and O–H groups in total. The van der Waals surface area contributed by atoms with Crippen LogP contribution in [0.25, 0.3) is 6.08 Å². The third kappa shape index (κ3) is 5.26. The number of amides is 1. The Bertz CT molecular complexity index is 911. The van der Waals surface area contributed by atoms with Crippen LogP contribution >= 0.6 is 23.2 Å². The number of carbonyl (C=O) groups is 1. The summed E-state index contributed by atoms with van der Waals surface area (Å²) < 4.78 is 5.14. The lowest BCUT2D eigenvalue weighted by atomic mass is 10.1. The van der Waals surface area contributed by atoms with E-state index in [1.165, 1.54) is 12.1 Å². The molecule has 0 heterocycles. The molecule has 0 spiro atoms. The minimum atomic E-state index is -0.564. The van der Waals surface area contributed by atoms with Crippen LogP contribution in [-0.4, -0.2) is 12.5 Å². The van der Waals surface area contributed by atoms with Crippen LogP contribution in [0.5, 0.6) is 5.75 Å². The fourth-order valence-corrected chi connectivity index (χ4v) is 2.35. The molecule has 2 rings (SSSR count). The van der Waals surface area contributed by atoms with Crippen molar-refractivity contribution in [3.8, 4) is 17.9 Å². The molecule has 0 unspecified atom stereocenters. The summed E-state index contributed by atoms with van der Waals surface area (Å²) in [5, 5.41) is 21.1. The lowest BCUT2D eigenvalue weighted by Crippen LogP contribution is -2.13. The number of rotatable bonds is 5. The van der Waals surface area contributed by atoms with E-state index in [0.717, 1.165) is 0 Å². The van der Waals surface area contributed by atoms with Crippen LogP contribution in [0, 0.1) is 22.7 Å². The second-order valence-corrected chi connectivity index (χ2v) is 5.61. The van der Waals surface area contributed by atoms with E-state index in [1.54, 1.807) is 36.4 Å². The van der Waals surface area contributed by atoms with Crippen LogP contribution in [0.2, 0.25) is 10.0 Å². The Balaban J connectivity index is 2.19. The van der Waals surface area contributed by atoms with Crippen LogP contribution in [0.15, 0.2) is 48.0 Å². The van der Waals surface area contributed by atoms with Crippen LogP contribution in [0.4, 0.5) is 5.69 Å². The Morgan fingerprint density at radius 3 is 2.64 bits per heavy atom. The van der Waals surface area contributed by atoms with Crippen molar-refractivity contribution in [3.63, 3.8) is 0 Å². The highest BCUT2D eigenvalue weighted by atomic mass is 35.5. The highest BCUT2D eigenvalue weighted by Gasteiger charge is 2.10. The number of hydrogen-bond donors (Lipinski definition) is 1. The van der Waals surface area contributed by atoms with Gasteiger partial charge in [-0.05, 0) is 42.0 Å². The summed E-state index contributed by atoms with van der Waals surface area (Å²) in [6.45, 7) is -0.125. The fourth-order valence-electron chi connectivity index (χ4n) is 1.91. The summed E-state index contributed by atoms with van der Waals surface area (Å²) in [5.41, 5.74) is 0.936. The number of ether oxygens (including phenoxy) is 1. The molecular weight excluding hydrogens is 361 g/mol. The van der Waals surface area contributed by atoms with Gasteiger partial charge in [-0.3, -0.25) is 4.79 Å². The molecule has 0 saturated carbocycles. The van der Waals surface area contributed by atoms with Gasteiger partial charge in [0.1, 0.15) is 23.5 Å². The molecule has 0 aliphatic carbocycles. The van der Waals surface area contributed by atoms with Gasteiger partial charge in [0.15, 0.2) is 6.61 Å².